The maximum Gasteiger partial charge on any atom is 0.270 e. The van der Waals surface area contributed by atoms with E-state index < -0.39 is 0 Å². The molecule has 0 aliphatic carbocycles. The van der Waals surface area contributed by atoms with E-state index in [4.69, 9.17) is 9.47 Å². The number of H-pyrrole nitrogens is 1. The Bertz CT molecular complexity index is 1120. The van der Waals surface area contributed by atoms with E-state index in [1.807, 2.05) is 48.5 Å². The van der Waals surface area contributed by atoms with E-state index in [0.717, 1.165) is 33.1 Å². The van der Waals surface area contributed by atoms with Crippen molar-refractivity contribution in [3.8, 4) is 11.5 Å². The van der Waals surface area contributed by atoms with E-state index in [2.05, 4.69) is 15.3 Å². The van der Waals surface area contributed by atoms with Gasteiger partial charge in [-0.05, 0) is 24.3 Å². The van der Waals surface area contributed by atoms with E-state index in [9.17, 15) is 4.79 Å². The van der Waals surface area contributed by atoms with Gasteiger partial charge in [-0.25, -0.2) is 4.98 Å². The first-order valence-electron chi connectivity index (χ1n) is 8.59. The Labute approximate surface area is 156 Å². The number of pyridine rings is 1. The molecule has 0 unspecified atom stereocenters. The normalized spacial score (nSPS) is 11.0. The van der Waals surface area contributed by atoms with Crippen LogP contribution in [0.2, 0.25) is 0 Å². The highest BCUT2D eigenvalue weighted by atomic mass is 16.5. The summed E-state index contributed by atoms with van der Waals surface area (Å²) in [6.07, 6.45) is 1.67. The van der Waals surface area contributed by atoms with Gasteiger partial charge in [-0.3, -0.25) is 4.79 Å². The summed E-state index contributed by atoms with van der Waals surface area (Å²) in [5, 5.41) is 4.42. The number of hydrogen-bond acceptors (Lipinski definition) is 4. The Hall–Kier alpha value is -3.38. The van der Waals surface area contributed by atoms with Crippen molar-refractivity contribution in [3.63, 3.8) is 0 Å². The van der Waals surface area contributed by atoms with Crippen LogP contribution in [0.15, 0.2) is 54.7 Å². The highest BCUT2D eigenvalue weighted by Crippen LogP contribution is 2.38. The monoisotopic (exact) mass is 361 g/mol. The van der Waals surface area contributed by atoms with Gasteiger partial charge >= 0.3 is 0 Å². The van der Waals surface area contributed by atoms with E-state index in [-0.39, 0.29) is 12.5 Å². The van der Waals surface area contributed by atoms with Crippen LogP contribution in [0.1, 0.15) is 16.1 Å². The molecule has 2 aromatic carbocycles. The van der Waals surface area contributed by atoms with Gasteiger partial charge in [0.15, 0.2) is 0 Å². The molecule has 6 nitrogen and oxygen atoms in total. The predicted molar refractivity (Wildman–Crippen MR) is 104 cm³/mol. The lowest BCUT2D eigenvalue weighted by atomic mass is 10.0. The third-order valence-corrected chi connectivity index (χ3v) is 4.43. The Kier molecular flexibility index (Phi) is 4.48. The van der Waals surface area contributed by atoms with Gasteiger partial charge in [0.1, 0.15) is 17.2 Å². The molecule has 0 atom stereocenters. The molecular weight excluding hydrogens is 342 g/mol. The van der Waals surface area contributed by atoms with E-state index >= 15 is 0 Å². The number of hydrogen-bond donors (Lipinski definition) is 2. The number of carbonyl (C=O) groups excluding carboxylic acids is 1. The number of nitrogens with one attached hydrogen (secondary N) is 2. The Morgan fingerprint density at radius 3 is 2.63 bits per heavy atom. The molecule has 0 saturated carbocycles. The third kappa shape index (κ3) is 3.00. The van der Waals surface area contributed by atoms with Gasteiger partial charge in [0.2, 0.25) is 0 Å². The number of carbonyl (C=O) groups is 1. The average molecular weight is 361 g/mol. The van der Waals surface area contributed by atoms with Crippen molar-refractivity contribution in [3.05, 3.63) is 66.0 Å². The highest BCUT2D eigenvalue weighted by molar-refractivity contribution is 6.14. The number of aromatic nitrogens is 2. The number of benzene rings is 2. The summed E-state index contributed by atoms with van der Waals surface area (Å²) in [7, 11) is 3.19. The van der Waals surface area contributed by atoms with E-state index in [1.54, 1.807) is 20.4 Å². The van der Waals surface area contributed by atoms with Gasteiger partial charge in [0, 0.05) is 25.1 Å². The van der Waals surface area contributed by atoms with E-state index in [1.165, 1.54) is 0 Å². The second kappa shape index (κ2) is 7.09. The van der Waals surface area contributed by atoms with Gasteiger partial charge in [0.25, 0.3) is 5.91 Å². The van der Waals surface area contributed by atoms with Gasteiger partial charge < -0.3 is 19.8 Å². The van der Waals surface area contributed by atoms with Crippen LogP contribution in [-0.2, 0) is 11.3 Å². The quantitative estimate of drug-likeness (QED) is 0.563. The minimum Gasteiger partial charge on any atom is -0.457 e. The van der Waals surface area contributed by atoms with Gasteiger partial charge in [-0.15, -0.1) is 0 Å². The van der Waals surface area contributed by atoms with Crippen LogP contribution < -0.4 is 10.1 Å². The fraction of sp³-hybridized carbons (Fsp3) is 0.143. The van der Waals surface area contributed by atoms with Crippen molar-refractivity contribution in [2.75, 3.05) is 14.2 Å². The molecule has 2 aromatic heterocycles. The van der Waals surface area contributed by atoms with Crippen molar-refractivity contribution in [2.24, 2.45) is 0 Å². The van der Waals surface area contributed by atoms with Crippen molar-refractivity contribution in [2.45, 2.75) is 6.61 Å². The molecular formula is C21H19N3O3. The minimum absolute atomic E-state index is 0.250. The van der Waals surface area contributed by atoms with Crippen molar-refractivity contribution >= 4 is 27.7 Å². The number of nitrogens with zero attached hydrogens (tertiary/aromatic N) is 1. The first kappa shape index (κ1) is 17.1. The number of para-hydroxylation sites is 1. The zero-order chi connectivity index (χ0) is 18.8. The van der Waals surface area contributed by atoms with Crippen LogP contribution in [0.4, 0.5) is 0 Å². The molecule has 136 valence electrons. The topological polar surface area (TPSA) is 76.2 Å². The molecule has 27 heavy (non-hydrogen) atoms. The number of ether oxygens (including phenoxy) is 2. The van der Waals surface area contributed by atoms with Crippen molar-refractivity contribution in [1.29, 1.82) is 0 Å². The molecule has 2 N–H and O–H groups in total. The molecule has 6 heteroatoms. The first-order valence-corrected chi connectivity index (χ1v) is 8.59. The lowest BCUT2D eigenvalue weighted by Crippen LogP contribution is -2.21. The fourth-order valence-corrected chi connectivity index (χ4v) is 3.27. The summed E-state index contributed by atoms with van der Waals surface area (Å²) in [5.41, 5.74) is 2.81. The first-order chi connectivity index (χ1) is 13.2. The van der Waals surface area contributed by atoms with Crippen LogP contribution in [0.5, 0.6) is 11.5 Å². The fourth-order valence-electron chi connectivity index (χ4n) is 3.27. The molecule has 4 rings (SSSR count). The zero-order valence-corrected chi connectivity index (χ0v) is 15.1. The van der Waals surface area contributed by atoms with Crippen molar-refractivity contribution in [1.82, 2.24) is 15.3 Å². The summed E-state index contributed by atoms with van der Waals surface area (Å²) < 4.78 is 11.5. The Morgan fingerprint density at radius 2 is 1.89 bits per heavy atom. The number of methoxy groups -OCH3 is 1. The summed E-state index contributed by atoms with van der Waals surface area (Å²) in [4.78, 5) is 20.0. The summed E-state index contributed by atoms with van der Waals surface area (Å²) >= 11 is 0. The number of amides is 1. The van der Waals surface area contributed by atoms with Crippen LogP contribution in [0, 0.1) is 0 Å². The maximum absolute atomic E-state index is 12.3. The van der Waals surface area contributed by atoms with Crippen LogP contribution in [0.3, 0.4) is 0 Å². The number of rotatable bonds is 5. The Balaban J connectivity index is 2.00. The van der Waals surface area contributed by atoms with Gasteiger partial charge in [0.05, 0.1) is 29.2 Å². The molecule has 0 radical (unpaired) electrons. The summed E-state index contributed by atoms with van der Waals surface area (Å²) in [5.74, 6) is 1.20. The summed E-state index contributed by atoms with van der Waals surface area (Å²) in [6, 6.07) is 15.4. The molecule has 0 spiro atoms. The maximum atomic E-state index is 12.3. The molecule has 0 bridgehead atoms. The molecule has 0 saturated heterocycles. The lowest BCUT2D eigenvalue weighted by molar-refractivity contribution is 0.0953. The molecule has 1 amide bonds. The van der Waals surface area contributed by atoms with E-state index in [0.29, 0.717) is 11.4 Å². The second-order valence-corrected chi connectivity index (χ2v) is 6.10. The second-order valence-electron chi connectivity index (χ2n) is 6.10. The molecule has 0 aliphatic heterocycles. The smallest absolute Gasteiger partial charge is 0.270 e. The van der Waals surface area contributed by atoms with Crippen LogP contribution >= 0.6 is 0 Å². The van der Waals surface area contributed by atoms with Gasteiger partial charge in [-0.2, -0.15) is 0 Å². The largest absolute Gasteiger partial charge is 0.457 e. The zero-order valence-electron chi connectivity index (χ0n) is 15.1. The minimum atomic E-state index is -0.250. The summed E-state index contributed by atoms with van der Waals surface area (Å²) in [6.45, 7) is 0.264. The third-order valence-electron chi connectivity index (χ3n) is 4.43. The average Bonchev–Trinajstić information content (AvgIpc) is 3.08. The molecule has 0 fully saturated rings. The predicted octanol–water partition coefficient (Wildman–Crippen LogP) is 4.01. The molecule has 2 heterocycles. The SMILES string of the molecule is CNC(=O)c1ncc2[nH]c3cccc(Oc4ccccc4)c3c2c1COC. The highest BCUT2D eigenvalue weighted by Gasteiger charge is 2.20. The standard InChI is InChI=1S/C21H19N3O3/c1-22-21(25)20-14(12-26-2)18-16(11-23-20)24-15-9-6-10-17(19(15)18)27-13-7-4-3-5-8-13/h3-11,24H,12H2,1-2H3,(H,22,25). The lowest BCUT2D eigenvalue weighted by Gasteiger charge is -2.11. The van der Waals surface area contributed by atoms with Crippen LogP contribution in [-0.4, -0.2) is 30.0 Å². The van der Waals surface area contributed by atoms with Gasteiger partial charge in [-0.1, -0.05) is 24.3 Å². The molecule has 4 aromatic rings. The number of fused-ring (bicyclic) bond motifs is 3. The molecule has 0 aliphatic rings. The number of aromatic amines is 1. The Morgan fingerprint density at radius 1 is 1.07 bits per heavy atom. The van der Waals surface area contributed by atoms with Crippen LogP contribution in [0.25, 0.3) is 21.8 Å². The van der Waals surface area contributed by atoms with Crippen molar-refractivity contribution < 1.29 is 14.3 Å².